The number of hydrogen-bond acceptors (Lipinski definition) is 2. The Morgan fingerprint density at radius 1 is 1.43 bits per heavy atom. The molecule has 0 heterocycles. The molecule has 0 saturated carbocycles. The summed E-state index contributed by atoms with van der Waals surface area (Å²) in [6, 6.07) is 7.56. The summed E-state index contributed by atoms with van der Waals surface area (Å²) < 4.78 is 5.39. The Kier molecular flexibility index (Phi) is 3.96. The van der Waals surface area contributed by atoms with Crippen LogP contribution in [0, 0.1) is 6.92 Å². The van der Waals surface area contributed by atoms with Crippen molar-refractivity contribution in [3.05, 3.63) is 29.8 Å². The fourth-order valence-corrected chi connectivity index (χ4v) is 1.21. The Hall–Kier alpha value is -1.02. The lowest BCUT2D eigenvalue weighted by molar-refractivity contribution is -0.122. The molecular weight excluding hydrogens is 200 g/mol. The molecule has 1 rings (SSSR count). The molecule has 1 atom stereocenters. The highest BCUT2D eigenvalue weighted by Gasteiger charge is 2.12. The Morgan fingerprint density at radius 3 is 2.50 bits per heavy atom. The van der Waals surface area contributed by atoms with Crippen LogP contribution in [0.25, 0.3) is 0 Å². The fraction of sp³-hybridized carbons (Fsp3) is 0.364. The van der Waals surface area contributed by atoms with Crippen molar-refractivity contribution in [2.24, 2.45) is 0 Å². The van der Waals surface area contributed by atoms with Gasteiger partial charge in [-0.25, -0.2) is 0 Å². The van der Waals surface area contributed by atoms with E-state index in [4.69, 9.17) is 16.3 Å². The molecule has 0 aromatic heterocycles. The van der Waals surface area contributed by atoms with Gasteiger partial charge in [0.25, 0.3) is 0 Å². The molecule has 0 aliphatic carbocycles. The van der Waals surface area contributed by atoms with Crippen molar-refractivity contribution >= 4 is 17.4 Å². The van der Waals surface area contributed by atoms with E-state index in [0.29, 0.717) is 5.75 Å². The Balaban J connectivity index is 2.60. The van der Waals surface area contributed by atoms with Crippen molar-refractivity contribution in [3.8, 4) is 5.75 Å². The number of ether oxygens (including phenoxy) is 1. The number of hydrogen-bond donors (Lipinski definition) is 0. The first-order valence-corrected chi connectivity index (χ1v) is 4.99. The molecule has 0 bridgehead atoms. The topological polar surface area (TPSA) is 26.3 Å². The summed E-state index contributed by atoms with van der Waals surface area (Å²) in [6.45, 7) is 3.70. The third-order valence-electron chi connectivity index (χ3n) is 1.92. The van der Waals surface area contributed by atoms with Crippen molar-refractivity contribution in [1.82, 2.24) is 0 Å². The number of carbonyl (C=O) groups is 1. The lowest BCUT2D eigenvalue weighted by Crippen LogP contribution is -2.24. The van der Waals surface area contributed by atoms with Gasteiger partial charge in [-0.15, -0.1) is 11.6 Å². The van der Waals surface area contributed by atoms with Gasteiger partial charge in [-0.2, -0.15) is 0 Å². The number of rotatable bonds is 4. The number of halogens is 1. The summed E-state index contributed by atoms with van der Waals surface area (Å²) in [7, 11) is 0. The molecule has 3 heteroatoms. The first-order valence-electron chi connectivity index (χ1n) is 4.45. The quantitative estimate of drug-likeness (QED) is 0.718. The van der Waals surface area contributed by atoms with Crippen LogP contribution in [0.15, 0.2) is 24.3 Å². The highest BCUT2D eigenvalue weighted by atomic mass is 35.5. The molecule has 0 saturated heterocycles. The largest absolute Gasteiger partial charge is 0.483 e. The number of carbonyl (C=O) groups excluding carboxylic acids is 1. The predicted octanol–water partition coefficient (Wildman–Crippen LogP) is 2.57. The zero-order valence-corrected chi connectivity index (χ0v) is 9.04. The second-order valence-electron chi connectivity index (χ2n) is 3.17. The number of aryl methyl sites for hydroxylation is 1. The van der Waals surface area contributed by atoms with Crippen molar-refractivity contribution in [2.75, 3.05) is 5.88 Å². The van der Waals surface area contributed by atoms with E-state index < -0.39 is 6.10 Å². The van der Waals surface area contributed by atoms with E-state index in [-0.39, 0.29) is 11.7 Å². The minimum atomic E-state index is -0.477. The van der Waals surface area contributed by atoms with Gasteiger partial charge in [0.05, 0.1) is 5.88 Å². The van der Waals surface area contributed by atoms with Crippen LogP contribution in [0.5, 0.6) is 5.75 Å². The molecule has 0 radical (unpaired) electrons. The van der Waals surface area contributed by atoms with Crippen molar-refractivity contribution < 1.29 is 9.53 Å². The lowest BCUT2D eigenvalue weighted by Gasteiger charge is -2.12. The highest BCUT2D eigenvalue weighted by molar-refractivity contribution is 6.28. The summed E-state index contributed by atoms with van der Waals surface area (Å²) in [5.74, 6) is 0.585. The van der Waals surface area contributed by atoms with Crippen LogP contribution in [0.3, 0.4) is 0 Å². The van der Waals surface area contributed by atoms with Crippen molar-refractivity contribution in [3.63, 3.8) is 0 Å². The van der Waals surface area contributed by atoms with E-state index in [1.807, 2.05) is 31.2 Å². The average Bonchev–Trinajstić information content (AvgIpc) is 2.20. The van der Waals surface area contributed by atoms with Crippen LogP contribution in [0.4, 0.5) is 0 Å². The highest BCUT2D eigenvalue weighted by Crippen LogP contribution is 2.13. The second kappa shape index (κ2) is 5.01. The van der Waals surface area contributed by atoms with Gasteiger partial charge >= 0.3 is 0 Å². The van der Waals surface area contributed by atoms with Gasteiger partial charge in [0, 0.05) is 0 Å². The van der Waals surface area contributed by atoms with E-state index in [1.54, 1.807) is 6.92 Å². The molecule has 0 aliphatic rings. The van der Waals surface area contributed by atoms with Crippen LogP contribution >= 0.6 is 11.6 Å². The van der Waals surface area contributed by atoms with Crippen LogP contribution in [0.2, 0.25) is 0 Å². The molecule has 0 aliphatic heterocycles. The molecule has 1 unspecified atom stereocenters. The molecular formula is C11H13ClO2. The standard InChI is InChI=1S/C11H13ClO2/c1-8-3-5-10(6-4-8)14-9(2)11(13)7-12/h3-6,9H,7H2,1-2H3. The summed E-state index contributed by atoms with van der Waals surface area (Å²) in [4.78, 5) is 11.1. The molecule has 14 heavy (non-hydrogen) atoms. The molecule has 76 valence electrons. The van der Waals surface area contributed by atoms with E-state index in [0.717, 1.165) is 5.56 Å². The molecule has 2 nitrogen and oxygen atoms in total. The van der Waals surface area contributed by atoms with Gasteiger partial charge in [-0.3, -0.25) is 4.79 Å². The summed E-state index contributed by atoms with van der Waals surface area (Å²) >= 11 is 5.41. The van der Waals surface area contributed by atoms with Crippen LogP contribution < -0.4 is 4.74 Å². The van der Waals surface area contributed by atoms with E-state index in [9.17, 15) is 4.79 Å². The third-order valence-corrected chi connectivity index (χ3v) is 2.18. The van der Waals surface area contributed by atoms with Gasteiger partial charge < -0.3 is 4.74 Å². The number of Topliss-reactive ketones (excluding diaryl/α,β-unsaturated/α-hetero) is 1. The maximum absolute atomic E-state index is 11.1. The van der Waals surface area contributed by atoms with Gasteiger partial charge in [-0.1, -0.05) is 17.7 Å². The van der Waals surface area contributed by atoms with Gasteiger partial charge in [0.1, 0.15) is 5.75 Å². The predicted molar refractivity (Wildman–Crippen MR) is 57.0 cm³/mol. The number of alkyl halides is 1. The lowest BCUT2D eigenvalue weighted by atomic mass is 10.2. The Morgan fingerprint density at radius 2 is 2.00 bits per heavy atom. The van der Waals surface area contributed by atoms with Crippen LogP contribution in [-0.4, -0.2) is 17.8 Å². The fourth-order valence-electron chi connectivity index (χ4n) is 0.995. The van der Waals surface area contributed by atoms with Gasteiger partial charge in [0.15, 0.2) is 11.9 Å². The molecule has 1 aromatic rings. The van der Waals surface area contributed by atoms with Gasteiger partial charge in [0.2, 0.25) is 0 Å². The number of ketones is 1. The molecule has 0 fully saturated rings. The summed E-state index contributed by atoms with van der Waals surface area (Å²) in [5, 5.41) is 0. The first kappa shape index (κ1) is 11.1. The summed E-state index contributed by atoms with van der Waals surface area (Å²) in [5.41, 5.74) is 1.16. The zero-order valence-electron chi connectivity index (χ0n) is 8.29. The zero-order chi connectivity index (χ0) is 10.6. The molecule has 0 spiro atoms. The minimum absolute atomic E-state index is 0.00692. The minimum Gasteiger partial charge on any atom is -0.483 e. The third kappa shape index (κ3) is 3.04. The smallest absolute Gasteiger partial charge is 0.187 e. The molecule has 1 aromatic carbocycles. The second-order valence-corrected chi connectivity index (χ2v) is 3.44. The monoisotopic (exact) mass is 212 g/mol. The average molecular weight is 213 g/mol. The molecule has 0 amide bonds. The van der Waals surface area contributed by atoms with Crippen LogP contribution in [0.1, 0.15) is 12.5 Å². The normalized spacial score (nSPS) is 12.2. The van der Waals surface area contributed by atoms with Crippen molar-refractivity contribution in [2.45, 2.75) is 20.0 Å². The Labute approximate surface area is 88.8 Å². The number of benzene rings is 1. The van der Waals surface area contributed by atoms with Crippen molar-refractivity contribution in [1.29, 1.82) is 0 Å². The Bertz CT molecular complexity index is 306. The van der Waals surface area contributed by atoms with Gasteiger partial charge in [-0.05, 0) is 26.0 Å². The van der Waals surface area contributed by atoms with E-state index >= 15 is 0 Å². The maximum atomic E-state index is 11.1. The maximum Gasteiger partial charge on any atom is 0.187 e. The first-order chi connectivity index (χ1) is 6.63. The van der Waals surface area contributed by atoms with E-state index in [2.05, 4.69) is 0 Å². The molecule has 0 N–H and O–H groups in total. The SMILES string of the molecule is Cc1ccc(OC(C)C(=O)CCl)cc1. The van der Waals surface area contributed by atoms with E-state index in [1.165, 1.54) is 0 Å². The summed E-state index contributed by atoms with van der Waals surface area (Å²) in [6.07, 6.45) is -0.477. The van der Waals surface area contributed by atoms with Crippen LogP contribution in [-0.2, 0) is 4.79 Å².